The summed E-state index contributed by atoms with van der Waals surface area (Å²) >= 11 is 0. The van der Waals surface area contributed by atoms with Gasteiger partial charge in [-0.2, -0.15) is 0 Å². The van der Waals surface area contributed by atoms with Gasteiger partial charge in [0.15, 0.2) is 0 Å². The van der Waals surface area contributed by atoms with E-state index >= 15 is 0 Å². The van der Waals surface area contributed by atoms with E-state index in [9.17, 15) is 0 Å². The van der Waals surface area contributed by atoms with E-state index in [1.165, 1.54) is 49.9 Å². The van der Waals surface area contributed by atoms with Crippen LogP contribution in [0.3, 0.4) is 0 Å². The summed E-state index contributed by atoms with van der Waals surface area (Å²) in [4.78, 5) is 2.57. The molecule has 0 bridgehead atoms. The lowest BCUT2D eigenvalue weighted by atomic mass is 9.89. The van der Waals surface area contributed by atoms with Gasteiger partial charge in [-0.3, -0.25) is 0 Å². The second-order valence-corrected chi connectivity index (χ2v) is 6.16. The van der Waals surface area contributed by atoms with Crippen LogP contribution in [0.2, 0.25) is 0 Å². The Labute approximate surface area is 118 Å². The van der Waals surface area contributed by atoms with Crippen LogP contribution in [0.5, 0.6) is 0 Å². The summed E-state index contributed by atoms with van der Waals surface area (Å²) in [6, 6.07) is 9.33. The molecule has 0 aliphatic carbocycles. The monoisotopic (exact) mass is 260 g/mol. The Hall–Kier alpha value is -0.860. The molecule has 0 spiro atoms. The molecule has 1 aromatic carbocycles. The molecule has 1 aliphatic heterocycles. The molecule has 2 atom stereocenters. The van der Waals surface area contributed by atoms with E-state index in [4.69, 9.17) is 5.73 Å². The Morgan fingerprint density at radius 1 is 1.21 bits per heavy atom. The zero-order valence-corrected chi connectivity index (χ0v) is 12.4. The predicted molar refractivity (Wildman–Crippen MR) is 82.3 cm³/mol. The molecular formula is C17H28N2. The number of hydrogen-bond donors (Lipinski definition) is 1. The SMILES string of the molecule is CCCCN1CC(N)CC(Cc2ccc(C)cc2)C1. The van der Waals surface area contributed by atoms with Gasteiger partial charge in [0.2, 0.25) is 0 Å². The predicted octanol–water partition coefficient (Wildman–Crippen LogP) is 2.99. The van der Waals surface area contributed by atoms with Gasteiger partial charge in [0, 0.05) is 19.1 Å². The molecule has 2 nitrogen and oxygen atoms in total. The molecule has 1 fully saturated rings. The molecule has 2 heteroatoms. The molecule has 2 unspecified atom stereocenters. The van der Waals surface area contributed by atoms with Crippen molar-refractivity contribution in [3.05, 3.63) is 35.4 Å². The Morgan fingerprint density at radius 3 is 2.63 bits per heavy atom. The van der Waals surface area contributed by atoms with E-state index < -0.39 is 0 Å². The van der Waals surface area contributed by atoms with Crippen molar-refractivity contribution in [2.45, 2.75) is 45.6 Å². The summed E-state index contributed by atoms with van der Waals surface area (Å²) in [6.45, 7) is 7.93. The maximum Gasteiger partial charge on any atom is 0.0171 e. The van der Waals surface area contributed by atoms with Crippen LogP contribution in [0.1, 0.15) is 37.3 Å². The van der Waals surface area contributed by atoms with Crippen LogP contribution in [0.25, 0.3) is 0 Å². The van der Waals surface area contributed by atoms with Crippen molar-refractivity contribution in [3.63, 3.8) is 0 Å². The molecule has 0 aromatic heterocycles. The third-order valence-electron chi connectivity index (χ3n) is 4.12. The summed E-state index contributed by atoms with van der Waals surface area (Å²) in [7, 11) is 0. The van der Waals surface area contributed by atoms with Crippen LogP contribution in [0.4, 0.5) is 0 Å². The molecule has 0 saturated carbocycles. The van der Waals surface area contributed by atoms with Gasteiger partial charge in [-0.05, 0) is 44.2 Å². The lowest BCUT2D eigenvalue weighted by Gasteiger charge is -2.36. The third kappa shape index (κ3) is 4.63. The van der Waals surface area contributed by atoms with Gasteiger partial charge in [-0.15, -0.1) is 0 Å². The quantitative estimate of drug-likeness (QED) is 0.882. The highest BCUT2D eigenvalue weighted by atomic mass is 15.1. The van der Waals surface area contributed by atoms with Gasteiger partial charge in [-0.1, -0.05) is 43.2 Å². The minimum absolute atomic E-state index is 0.362. The first-order valence-electron chi connectivity index (χ1n) is 7.71. The van der Waals surface area contributed by atoms with Crippen LogP contribution in [0, 0.1) is 12.8 Å². The summed E-state index contributed by atoms with van der Waals surface area (Å²) in [6.07, 6.45) is 4.92. The zero-order chi connectivity index (χ0) is 13.7. The number of nitrogens with two attached hydrogens (primary N) is 1. The molecule has 1 saturated heterocycles. The highest BCUT2D eigenvalue weighted by Gasteiger charge is 2.24. The van der Waals surface area contributed by atoms with Crippen molar-refractivity contribution in [3.8, 4) is 0 Å². The number of nitrogens with zero attached hydrogens (tertiary/aromatic N) is 1. The molecule has 19 heavy (non-hydrogen) atoms. The molecule has 1 aromatic rings. The summed E-state index contributed by atoms with van der Waals surface area (Å²) < 4.78 is 0. The average Bonchev–Trinajstić information content (AvgIpc) is 2.38. The van der Waals surface area contributed by atoms with E-state index in [1.54, 1.807) is 0 Å². The van der Waals surface area contributed by atoms with E-state index in [0.717, 1.165) is 12.5 Å². The standard InChI is InChI=1S/C17H28N2/c1-3-4-9-19-12-16(11-17(18)13-19)10-15-7-5-14(2)6-8-15/h5-8,16-17H,3-4,9-13,18H2,1-2H3. The van der Waals surface area contributed by atoms with Crippen molar-refractivity contribution in [2.24, 2.45) is 11.7 Å². The van der Waals surface area contributed by atoms with Crippen molar-refractivity contribution in [2.75, 3.05) is 19.6 Å². The van der Waals surface area contributed by atoms with Gasteiger partial charge in [0.25, 0.3) is 0 Å². The third-order valence-corrected chi connectivity index (χ3v) is 4.12. The summed E-state index contributed by atoms with van der Waals surface area (Å²) in [5.41, 5.74) is 9.02. The molecule has 1 aliphatic rings. The normalized spacial score (nSPS) is 24.6. The molecule has 2 rings (SSSR count). The van der Waals surface area contributed by atoms with Gasteiger partial charge >= 0.3 is 0 Å². The minimum Gasteiger partial charge on any atom is -0.327 e. The summed E-state index contributed by atoms with van der Waals surface area (Å²) in [5, 5.41) is 0. The number of unbranched alkanes of at least 4 members (excludes halogenated alkanes) is 1. The van der Waals surface area contributed by atoms with Gasteiger partial charge in [0.05, 0.1) is 0 Å². The van der Waals surface area contributed by atoms with E-state index in [0.29, 0.717) is 6.04 Å². The number of hydrogen-bond acceptors (Lipinski definition) is 2. The molecule has 106 valence electrons. The van der Waals surface area contributed by atoms with Gasteiger partial charge in [0.1, 0.15) is 0 Å². The number of likely N-dealkylation sites (tertiary alicyclic amines) is 1. The highest BCUT2D eigenvalue weighted by Crippen LogP contribution is 2.21. The first kappa shape index (κ1) is 14.5. The van der Waals surface area contributed by atoms with Crippen LogP contribution in [0.15, 0.2) is 24.3 Å². The Morgan fingerprint density at radius 2 is 1.95 bits per heavy atom. The van der Waals surface area contributed by atoms with Gasteiger partial charge < -0.3 is 10.6 Å². The average molecular weight is 260 g/mol. The van der Waals surface area contributed by atoms with Crippen molar-refractivity contribution in [1.29, 1.82) is 0 Å². The first-order valence-corrected chi connectivity index (χ1v) is 7.71. The van der Waals surface area contributed by atoms with Crippen LogP contribution < -0.4 is 5.73 Å². The fourth-order valence-electron chi connectivity index (χ4n) is 3.12. The van der Waals surface area contributed by atoms with E-state index in [-0.39, 0.29) is 0 Å². The van der Waals surface area contributed by atoms with E-state index in [2.05, 4.69) is 43.0 Å². The second kappa shape index (κ2) is 7.06. The van der Waals surface area contributed by atoms with Gasteiger partial charge in [-0.25, -0.2) is 0 Å². The van der Waals surface area contributed by atoms with Crippen molar-refractivity contribution in [1.82, 2.24) is 4.90 Å². The molecule has 0 radical (unpaired) electrons. The number of benzene rings is 1. The Bertz CT molecular complexity index is 371. The topological polar surface area (TPSA) is 29.3 Å². The van der Waals surface area contributed by atoms with Crippen LogP contribution in [-0.4, -0.2) is 30.6 Å². The Kier molecular flexibility index (Phi) is 5.41. The maximum atomic E-state index is 6.22. The number of piperidine rings is 1. The summed E-state index contributed by atoms with van der Waals surface area (Å²) in [5.74, 6) is 0.725. The maximum absolute atomic E-state index is 6.22. The molecular weight excluding hydrogens is 232 g/mol. The largest absolute Gasteiger partial charge is 0.327 e. The van der Waals surface area contributed by atoms with Crippen molar-refractivity contribution >= 4 is 0 Å². The number of aryl methyl sites for hydroxylation is 1. The second-order valence-electron chi connectivity index (χ2n) is 6.16. The van der Waals surface area contributed by atoms with Crippen LogP contribution in [-0.2, 0) is 6.42 Å². The fraction of sp³-hybridized carbons (Fsp3) is 0.647. The molecule has 1 heterocycles. The minimum atomic E-state index is 0.362. The Balaban J connectivity index is 1.90. The molecule has 2 N–H and O–H groups in total. The smallest absolute Gasteiger partial charge is 0.0171 e. The zero-order valence-electron chi connectivity index (χ0n) is 12.4. The lowest BCUT2D eigenvalue weighted by molar-refractivity contribution is 0.154. The van der Waals surface area contributed by atoms with E-state index in [1.807, 2.05) is 0 Å². The number of rotatable bonds is 5. The molecule has 0 amide bonds. The fourth-order valence-corrected chi connectivity index (χ4v) is 3.12. The van der Waals surface area contributed by atoms with Crippen LogP contribution >= 0.6 is 0 Å². The van der Waals surface area contributed by atoms with Crippen molar-refractivity contribution < 1.29 is 0 Å². The first-order chi connectivity index (χ1) is 9.17. The lowest BCUT2D eigenvalue weighted by Crippen LogP contribution is -2.47. The highest BCUT2D eigenvalue weighted by molar-refractivity contribution is 5.21.